The van der Waals surface area contributed by atoms with Crippen molar-refractivity contribution in [3.05, 3.63) is 211 Å². The zero-order chi connectivity index (χ0) is 58.7. The zero-order valence-electron chi connectivity index (χ0n) is 45.7. The molecule has 17 nitrogen and oxygen atoms in total. The van der Waals surface area contributed by atoms with Gasteiger partial charge in [-0.05, 0) is 193 Å². The van der Waals surface area contributed by atoms with Gasteiger partial charge >= 0.3 is 5.97 Å². The van der Waals surface area contributed by atoms with Crippen LogP contribution in [0, 0.1) is 69.2 Å². The maximum atomic E-state index is 15.3. The summed E-state index contributed by atoms with van der Waals surface area (Å²) in [5, 5.41) is 9.81. The van der Waals surface area contributed by atoms with Gasteiger partial charge in [-0.15, -0.1) is 0 Å². The fourth-order valence-electron chi connectivity index (χ4n) is 10.5. The molecule has 0 amide bonds. The van der Waals surface area contributed by atoms with E-state index in [0.29, 0.717) is 33.4 Å². The third-order valence-corrected chi connectivity index (χ3v) is 22.4. The summed E-state index contributed by atoms with van der Waals surface area (Å²) in [7, 11) is -24.2. The molecule has 0 radical (unpaired) electrons. The van der Waals surface area contributed by atoms with Gasteiger partial charge in [0, 0.05) is 0 Å². The van der Waals surface area contributed by atoms with Crippen LogP contribution >= 0.6 is 0 Å². The highest BCUT2D eigenvalue weighted by molar-refractivity contribution is 7.93. The monoisotopic (exact) mass is 1180 g/mol. The smallest absolute Gasteiger partial charge is 0.335 e. The molecular weight excluding hydrogens is 1120 g/mol. The first-order valence-corrected chi connectivity index (χ1v) is 32.6. The molecule has 22 heteroatoms. The molecule has 1 aliphatic carbocycles. The second-order valence-corrected chi connectivity index (χ2v) is 29.2. The van der Waals surface area contributed by atoms with Crippen molar-refractivity contribution in [2.75, 3.05) is 4.72 Å². The second-order valence-electron chi connectivity index (χ2n) is 20.9. The SMILES string of the molecule is Cc1ccc(S(=O)(=O)Nc2cc3c(cc2Cc2ccc(C(=O)O)cc2)C(NS(=O)(=O)c2ccc(C)cc2C)(NS(=O)(=O)c2ccc(C)cc2C)CCC3(NS(=O)(=O)c2ccc(C)cc2C)NS(=O)(=O)c2ccc(C)cc2C)c(C)c1. The van der Waals surface area contributed by atoms with Crippen LogP contribution < -0.4 is 23.6 Å². The minimum absolute atomic E-state index is 0.0336. The van der Waals surface area contributed by atoms with Gasteiger partial charge in [-0.1, -0.05) is 101 Å². The highest BCUT2D eigenvalue weighted by Gasteiger charge is 2.55. The van der Waals surface area contributed by atoms with Crippen LogP contribution in [0.5, 0.6) is 0 Å². The first kappa shape index (κ1) is 59.5. The molecule has 0 bridgehead atoms. The lowest BCUT2D eigenvalue weighted by Crippen LogP contribution is -2.66. The third kappa shape index (κ3) is 12.2. The second kappa shape index (κ2) is 21.7. The molecule has 0 saturated carbocycles. The molecular formula is C58H63N5O12S5. The predicted octanol–water partition coefficient (Wildman–Crippen LogP) is 8.87. The molecule has 422 valence electrons. The largest absolute Gasteiger partial charge is 0.478 e. The summed E-state index contributed by atoms with van der Waals surface area (Å²) >= 11 is 0. The Hall–Kier alpha value is -6.60. The Morgan fingerprint density at radius 1 is 0.400 bits per heavy atom. The van der Waals surface area contributed by atoms with E-state index in [0.717, 1.165) is 5.56 Å². The number of hydrogen-bond donors (Lipinski definition) is 6. The fraction of sp³-hybridized carbons (Fsp3) is 0.259. The average molecular weight is 1180 g/mol. The lowest BCUT2D eigenvalue weighted by molar-refractivity contribution is 0.0696. The van der Waals surface area contributed by atoms with E-state index in [2.05, 4.69) is 23.6 Å². The van der Waals surface area contributed by atoms with E-state index >= 15 is 33.7 Å². The molecule has 0 aliphatic heterocycles. The maximum absolute atomic E-state index is 15.3. The molecule has 0 fully saturated rings. The summed E-state index contributed by atoms with van der Waals surface area (Å²) in [5.41, 5.74) is -0.849. The number of aryl methyl sites for hydroxylation is 10. The number of carboxylic acid groups (broad SMARTS) is 1. The molecule has 0 atom stereocenters. The van der Waals surface area contributed by atoms with E-state index < -0.39 is 85.8 Å². The van der Waals surface area contributed by atoms with Gasteiger partial charge < -0.3 is 5.11 Å². The van der Waals surface area contributed by atoms with Gasteiger partial charge in [0.2, 0.25) is 40.1 Å². The van der Waals surface area contributed by atoms with Crippen molar-refractivity contribution < 1.29 is 52.0 Å². The number of aromatic carboxylic acids is 1. The van der Waals surface area contributed by atoms with Crippen LogP contribution in [0.2, 0.25) is 0 Å². The first-order chi connectivity index (χ1) is 37.2. The highest BCUT2D eigenvalue weighted by Crippen LogP contribution is 2.48. The molecule has 8 rings (SSSR count). The van der Waals surface area contributed by atoms with Crippen LogP contribution in [-0.4, -0.2) is 53.2 Å². The summed E-state index contributed by atoms with van der Waals surface area (Å²) in [6, 6.07) is 30.8. The highest BCUT2D eigenvalue weighted by atomic mass is 32.2. The lowest BCUT2D eigenvalue weighted by atomic mass is 9.76. The average Bonchev–Trinajstić information content (AvgIpc) is 3.42. The van der Waals surface area contributed by atoms with E-state index in [1.54, 1.807) is 130 Å². The molecule has 0 aromatic heterocycles. The Labute approximate surface area is 469 Å². The number of fused-ring (bicyclic) bond motifs is 1. The molecule has 0 heterocycles. The number of carbonyl (C=O) groups is 1. The molecule has 0 unspecified atom stereocenters. The standard InChI is InChI=1S/C58H63N5O12S5/c1-35-11-20-51(40(6)27-35)76(66,67)59-50-34-49-48(33-47(50)32-45-16-18-46(19-17-45)56(64)65)57(60-77(68,69)52-21-12-36(2)28-41(52)7,61-78(70,71)53-22-13-37(3)29-42(53)8)25-26-58(49,62-79(72,73)54-23-14-38(4)30-43(54)9)63-80(74,75)55-24-15-39(5)31-44(55)10/h11-24,27-31,33-34,59-63H,25-26,32H2,1-10H3,(H,64,65). The van der Waals surface area contributed by atoms with Crippen LogP contribution in [0.1, 0.15) is 101 Å². The molecule has 80 heavy (non-hydrogen) atoms. The number of carboxylic acids is 1. The first-order valence-electron chi connectivity index (χ1n) is 25.2. The number of nitrogens with one attached hydrogen (secondary N) is 5. The maximum Gasteiger partial charge on any atom is 0.335 e. The summed E-state index contributed by atoms with van der Waals surface area (Å²) in [6.45, 7) is 16.6. The van der Waals surface area contributed by atoms with Gasteiger partial charge in [0.1, 0.15) is 11.3 Å². The van der Waals surface area contributed by atoms with Crippen LogP contribution in [-0.2, 0) is 67.9 Å². The third-order valence-electron chi connectivity index (χ3n) is 14.2. The van der Waals surface area contributed by atoms with E-state index in [1.165, 1.54) is 66.7 Å². The Morgan fingerprint density at radius 3 is 0.975 bits per heavy atom. The van der Waals surface area contributed by atoms with Gasteiger partial charge in [0.25, 0.3) is 10.0 Å². The van der Waals surface area contributed by atoms with E-state index in [9.17, 15) is 18.3 Å². The molecule has 6 N–H and O–H groups in total. The van der Waals surface area contributed by atoms with Crippen molar-refractivity contribution in [1.82, 2.24) is 18.9 Å². The lowest BCUT2D eigenvalue weighted by Gasteiger charge is -2.48. The normalized spacial score (nSPS) is 14.6. The zero-order valence-corrected chi connectivity index (χ0v) is 49.8. The van der Waals surface area contributed by atoms with Gasteiger partial charge in [-0.25, -0.2) is 46.9 Å². The van der Waals surface area contributed by atoms with Crippen LogP contribution in [0.25, 0.3) is 0 Å². The van der Waals surface area contributed by atoms with Crippen molar-refractivity contribution in [2.24, 2.45) is 0 Å². The van der Waals surface area contributed by atoms with Crippen molar-refractivity contribution in [3.8, 4) is 0 Å². The topological polar surface area (TPSA) is 268 Å². The van der Waals surface area contributed by atoms with Crippen molar-refractivity contribution in [2.45, 2.75) is 124 Å². The summed E-state index contributed by atoms with van der Waals surface area (Å²) in [4.78, 5) is 10.8. The Bertz CT molecular complexity index is 4090. The fourth-order valence-corrected chi connectivity index (χ4v) is 18.2. The molecule has 7 aromatic rings. The predicted molar refractivity (Wildman–Crippen MR) is 307 cm³/mol. The molecule has 1 aliphatic rings. The van der Waals surface area contributed by atoms with E-state index in [-0.39, 0.29) is 75.5 Å². The number of benzene rings is 7. The molecule has 7 aromatic carbocycles. The number of hydrogen-bond acceptors (Lipinski definition) is 11. The number of anilines is 1. The summed E-state index contributed by atoms with van der Waals surface area (Å²) in [6.07, 6.45) is -1.73. The molecule has 0 saturated heterocycles. The van der Waals surface area contributed by atoms with Crippen molar-refractivity contribution in [3.63, 3.8) is 0 Å². The molecule has 0 spiro atoms. The van der Waals surface area contributed by atoms with Gasteiger partial charge in [0.15, 0.2) is 0 Å². The van der Waals surface area contributed by atoms with Gasteiger partial charge in [0.05, 0.1) is 35.7 Å². The number of rotatable bonds is 18. The summed E-state index contributed by atoms with van der Waals surface area (Å²) in [5.74, 6) is -1.23. The summed E-state index contributed by atoms with van der Waals surface area (Å²) < 4.78 is 166. The Morgan fingerprint density at radius 2 is 0.688 bits per heavy atom. The Kier molecular flexibility index (Phi) is 16.1. The minimum atomic E-state index is -4.90. The van der Waals surface area contributed by atoms with Crippen molar-refractivity contribution in [1.29, 1.82) is 0 Å². The van der Waals surface area contributed by atoms with Crippen LogP contribution in [0.15, 0.2) is 152 Å². The Balaban J connectivity index is 1.54. The number of sulfonamides is 5. The van der Waals surface area contributed by atoms with Crippen LogP contribution in [0.4, 0.5) is 5.69 Å². The van der Waals surface area contributed by atoms with Gasteiger partial charge in [-0.3, -0.25) is 4.72 Å². The van der Waals surface area contributed by atoms with Crippen LogP contribution in [0.3, 0.4) is 0 Å². The van der Waals surface area contributed by atoms with E-state index in [4.69, 9.17) is 0 Å². The minimum Gasteiger partial charge on any atom is -0.478 e. The van der Waals surface area contributed by atoms with Gasteiger partial charge in [-0.2, -0.15) is 18.9 Å². The van der Waals surface area contributed by atoms with E-state index in [1.807, 2.05) is 0 Å². The van der Waals surface area contributed by atoms with Crippen molar-refractivity contribution >= 4 is 61.8 Å². The quantitative estimate of drug-likeness (QED) is 0.0440.